The molecule has 0 unspecified atom stereocenters. The molecule has 0 saturated carbocycles. The van der Waals surface area contributed by atoms with Gasteiger partial charge in [0.05, 0.1) is 11.2 Å². The molecule has 1 aromatic carbocycles. The van der Waals surface area contributed by atoms with E-state index >= 15 is 0 Å². The molecule has 1 saturated heterocycles. The predicted octanol–water partition coefficient (Wildman–Crippen LogP) is 1.72. The Kier molecular flexibility index (Phi) is 4.08. The fourth-order valence-corrected chi connectivity index (χ4v) is 2.59. The maximum atomic E-state index is 9.25. The number of imidazole rings is 1. The maximum absolute atomic E-state index is 9.25. The lowest BCUT2D eigenvalue weighted by Crippen LogP contribution is -2.41. The average molecular weight is 314 g/mol. The van der Waals surface area contributed by atoms with Crippen molar-refractivity contribution in [1.29, 1.82) is 0 Å². The summed E-state index contributed by atoms with van der Waals surface area (Å²) in [6.45, 7) is 8.83. The summed E-state index contributed by atoms with van der Waals surface area (Å²) in [5, 5.41) is 9.25. The Hall–Kier alpha value is -1.63. The molecule has 6 heteroatoms. The largest absolute Gasteiger partial charge is 0.494 e. The van der Waals surface area contributed by atoms with E-state index in [4.69, 9.17) is 9.31 Å². The van der Waals surface area contributed by atoms with Gasteiger partial charge in [0.2, 0.25) is 0 Å². The molecular formula is C17H23BN2O3. The van der Waals surface area contributed by atoms with Crippen LogP contribution in [-0.2, 0) is 22.5 Å². The Morgan fingerprint density at radius 1 is 1.09 bits per heavy atom. The van der Waals surface area contributed by atoms with Crippen LogP contribution in [0.1, 0.15) is 39.1 Å². The molecule has 122 valence electrons. The number of aliphatic hydroxyl groups excluding tert-OH is 1. The molecule has 0 radical (unpaired) electrons. The molecular weight excluding hydrogens is 291 g/mol. The van der Waals surface area contributed by atoms with Crippen LogP contribution in [0.2, 0.25) is 0 Å². The second-order valence-corrected chi connectivity index (χ2v) is 6.96. The minimum atomic E-state index is -0.338. The lowest BCUT2D eigenvalue weighted by atomic mass is 9.79. The molecule has 2 heterocycles. The highest BCUT2D eigenvalue weighted by molar-refractivity contribution is 6.62. The van der Waals surface area contributed by atoms with E-state index in [1.807, 2.05) is 22.9 Å². The molecule has 2 aromatic rings. The lowest BCUT2D eigenvalue weighted by molar-refractivity contribution is 0.00578. The zero-order chi connectivity index (χ0) is 16.7. The number of aliphatic hydroxyl groups is 1. The zero-order valence-electron chi connectivity index (χ0n) is 14.1. The van der Waals surface area contributed by atoms with Crippen molar-refractivity contribution in [3.8, 4) is 0 Å². The van der Waals surface area contributed by atoms with E-state index in [2.05, 4.69) is 44.8 Å². The highest BCUT2D eigenvalue weighted by Gasteiger charge is 2.51. The Bertz CT molecular complexity index is 663. The third-order valence-electron chi connectivity index (χ3n) is 4.80. The van der Waals surface area contributed by atoms with Crippen LogP contribution in [0.5, 0.6) is 0 Å². The molecule has 5 nitrogen and oxygen atoms in total. The summed E-state index contributed by atoms with van der Waals surface area (Å²) in [5.41, 5.74) is 1.49. The van der Waals surface area contributed by atoms with E-state index < -0.39 is 0 Å². The zero-order valence-corrected chi connectivity index (χ0v) is 14.1. The monoisotopic (exact) mass is 314 g/mol. The Balaban J connectivity index is 1.73. The van der Waals surface area contributed by atoms with Crippen LogP contribution >= 0.6 is 0 Å². The van der Waals surface area contributed by atoms with Crippen molar-refractivity contribution in [2.45, 2.75) is 52.0 Å². The summed E-state index contributed by atoms with van der Waals surface area (Å²) in [7, 11) is -0.338. The van der Waals surface area contributed by atoms with Gasteiger partial charge in [-0.15, -0.1) is 0 Å². The molecule has 0 aliphatic carbocycles. The predicted molar refractivity (Wildman–Crippen MR) is 89.4 cm³/mol. The van der Waals surface area contributed by atoms with Gasteiger partial charge in [-0.05, 0) is 38.7 Å². The van der Waals surface area contributed by atoms with Crippen LogP contribution in [0.25, 0.3) is 0 Å². The summed E-state index contributed by atoms with van der Waals surface area (Å²) in [6, 6.07) is 8.18. The van der Waals surface area contributed by atoms with Crippen molar-refractivity contribution >= 4 is 12.6 Å². The summed E-state index contributed by atoms with van der Waals surface area (Å²) in [4.78, 5) is 4.12. The second kappa shape index (κ2) is 5.78. The van der Waals surface area contributed by atoms with Gasteiger partial charge in [0.15, 0.2) is 0 Å². The number of hydrogen-bond acceptors (Lipinski definition) is 4. The SMILES string of the molecule is CC1(C)OB(c2ccc(Cn3ccnc3CO)cc2)OC1(C)C. The third-order valence-corrected chi connectivity index (χ3v) is 4.80. The number of benzene rings is 1. The first-order chi connectivity index (χ1) is 10.8. The minimum Gasteiger partial charge on any atom is -0.399 e. The van der Waals surface area contributed by atoms with Gasteiger partial charge in [0.1, 0.15) is 12.4 Å². The van der Waals surface area contributed by atoms with Crippen molar-refractivity contribution in [1.82, 2.24) is 9.55 Å². The topological polar surface area (TPSA) is 56.5 Å². The fourth-order valence-electron chi connectivity index (χ4n) is 2.59. The Labute approximate surface area is 137 Å². The van der Waals surface area contributed by atoms with Crippen molar-refractivity contribution in [3.63, 3.8) is 0 Å². The van der Waals surface area contributed by atoms with E-state index in [1.54, 1.807) is 6.20 Å². The first-order valence-electron chi connectivity index (χ1n) is 7.88. The Morgan fingerprint density at radius 3 is 2.26 bits per heavy atom. The lowest BCUT2D eigenvalue weighted by Gasteiger charge is -2.32. The molecule has 1 aliphatic heterocycles. The normalized spacial score (nSPS) is 19.3. The maximum Gasteiger partial charge on any atom is 0.494 e. The van der Waals surface area contributed by atoms with Gasteiger partial charge in [-0.1, -0.05) is 24.3 Å². The fraction of sp³-hybridized carbons (Fsp3) is 0.471. The molecule has 0 amide bonds. The van der Waals surface area contributed by atoms with E-state index in [0.29, 0.717) is 12.4 Å². The van der Waals surface area contributed by atoms with Gasteiger partial charge < -0.3 is 19.0 Å². The average Bonchev–Trinajstić information content (AvgIpc) is 3.02. The number of rotatable bonds is 4. The summed E-state index contributed by atoms with van der Waals surface area (Å²) in [5.74, 6) is 0.667. The van der Waals surface area contributed by atoms with Gasteiger partial charge in [0, 0.05) is 18.9 Å². The standard InChI is InChI=1S/C17H23BN2O3/c1-16(2)17(3,4)23-18(22-16)14-7-5-13(6-8-14)11-20-10-9-19-15(20)12-21/h5-10,21H,11-12H2,1-4H3. The molecule has 1 aromatic heterocycles. The van der Waals surface area contributed by atoms with Crippen molar-refractivity contribution in [2.24, 2.45) is 0 Å². The van der Waals surface area contributed by atoms with Gasteiger partial charge in [-0.25, -0.2) is 4.98 Å². The van der Waals surface area contributed by atoms with Crippen molar-refractivity contribution in [2.75, 3.05) is 0 Å². The molecule has 0 bridgehead atoms. The van der Waals surface area contributed by atoms with Crippen molar-refractivity contribution < 1.29 is 14.4 Å². The van der Waals surface area contributed by atoms with Crippen LogP contribution in [0.4, 0.5) is 0 Å². The minimum absolute atomic E-state index is 0.0565. The molecule has 3 rings (SSSR count). The first kappa shape index (κ1) is 16.2. The van der Waals surface area contributed by atoms with Crippen LogP contribution in [-0.4, -0.2) is 33.0 Å². The molecule has 0 atom stereocenters. The summed E-state index contributed by atoms with van der Waals surface area (Å²) < 4.78 is 14.1. The first-order valence-corrected chi connectivity index (χ1v) is 7.88. The summed E-state index contributed by atoms with van der Waals surface area (Å²) in [6.07, 6.45) is 3.57. The van der Waals surface area contributed by atoms with E-state index in [9.17, 15) is 5.11 Å². The van der Waals surface area contributed by atoms with Gasteiger partial charge in [0.25, 0.3) is 0 Å². The van der Waals surface area contributed by atoms with E-state index in [-0.39, 0.29) is 24.9 Å². The van der Waals surface area contributed by atoms with Crippen LogP contribution < -0.4 is 5.46 Å². The van der Waals surface area contributed by atoms with Crippen LogP contribution in [0.15, 0.2) is 36.7 Å². The highest BCUT2D eigenvalue weighted by atomic mass is 16.7. The Morgan fingerprint density at radius 2 is 1.70 bits per heavy atom. The smallest absolute Gasteiger partial charge is 0.399 e. The third kappa shape index (κ3) is 3.07. The number of hydrogen-bond donors (Lipinski definition) is 1. The molecule has 1 fully saturated rings. The second-order valence-electron chi connectivity index (χ2n) is 6.96. The van der Waals surface area contributed by atoms with Crippen molar-refractivity contribution in [3.05, 3.63) is 48.0 Å². The molecule has 0 spiro atoms. The highest BCUT2D eigenvalue weighted by Crippen LogP contribution is 2.36. The number of nitrogens with zero attached hydrogens (tertiary/aromatic N) is 2. The van der Waals surface area contributed by atoms with E-state index in [0.717, 1.165) is 11.0 Å². The van der Waals surface area contributed by atoms with Gasteiger partial charge in [-0.3, -0.25) is 0 Å². The quantitative estimate of drug-likeness (QED) is 0.873. The van der Waals surface area contributed by atoms with Crippen LogP contribution in [0.3, 0.4) is 0 Å². The molecule has 23 heavy (non-hydrogen) atoms. The summed E-state index contributed by atoms with van der Waals surface area (Å²) >= 11 is 0. The number of aromatic nitrogens is 2. The van der Waals surface area contributed by atoms with E-state index in [1.165, 1.54) is 0 Å². The molecule has 1 N–H and O–H groups in total. The van der Waals surface area contributed by atoms with Gasteiger partial charge >= 0.3 is 7.12 Å². The molecule has 1 aliphatic rings. The van der Waals surface area contributed by atoms with Gasteiger partial charge in [-0.2, -0.15) is 0 Å². The van der Waals surface area contributed by atoms with Crippen LogP contribution in [0, 0.1) is 0 Å².